The highest BCUT2D eigenvalue weighted by Gasteiger charge is 2.28. The first-order valence-electron chi connectivity index (χ1n) is 24.9. The minimum Gasteiger partial charge on any atom is -0.480 e. The highest BCUT2D eigenvalue weighted by atomic mass is 32.1. The van der Waals surface area contributed by atoms with E-state index in [-0.39, 0.29) is 29.5 Å². The fourth-order valence-corrected chi connectivity index (χ4v) is 10.4. The summed E-state index contributed by atoms with van der Waals surface area (Å²) < 4.78 is 16.2. The third kappa shape index (κ3) is 9.70. The van der Waals surface area contributed by atoms with Crippen LogP contribution in [0.4, 0.5) is 17.3 Å². The zero-order valence-corrected chi connectivity index (χ0v) is 43.3. The predicted molar refractivity (Wildman–Crippen MR) is 301 cm³/mol. The zero-order valence-electron chi connectivity index (χ0n) is 42.4. The van der Waals surface area contributed by atoms with Gasteiger partial charge in [-0.25, -0.2) is 34.9 Å². The normalized spacial score (nSPS) is 12.4. The van der Waals surface area contributed by atoms with E-state index in [1.165, 1.54) is 26.2 Å². The molecule has 10 aromatic rings. The van der Waals surface area contributed by atoms with E-state index in [4.69, 9.17) is 35.9 Å². The molecule has 77 heavy (non-hydrogen) atoms. The number of rotatable bonds is 17. The van der Waals surface area contributed by atoms with Crippen LogP contribution in [0.25, 0.3) is 83.5 Å². The molecule has 0 unspecified atom stereocenters. The van der Waals surface area contributed by atoms with Gasteiger partial charge in [-0.3, -0.25) is 9.59 Å². The van der Waals surface area contributed by atoms with Gasteiger partial charge in [-0.05, 0) is 96.5 Å². The van der Waals surface area contributed by atoms with E-state index in [0.717, 1.165) is 61.6 Å². The number of thiazole rings is 1. The molecule has 1 saturated carbocycles. The van der Waals surface area contributed by atoms with Gasteiger partial charge in [0, 0.05) is 67.0 Å². The SMILES string of the molecule is C=Cc1ncc(-c2ccc(-c3c(-c4ccc(Oc5nccc(CCn6c(-c7ccc(NC(=O)C(=C)C)cc7)c(-c7ccc(C(=O)NCC8CCC8)c(OC)n7)c7c(N)ncnc76)n5)cc4)c4c(N)ncnc4n3C)cc2)s1. The van der Waals surface area contributed by atoms with Crippen molar-refractivity contribution in [2.24, 2.45) is 13.0 Å². The maximum Gasteiger partial charge on any atom is 0.322 e. The number of methoxy groups -OCH3 is 1. The third-order valence-corrected chi connectivity index (χ3v) is 14.8. The summed E-state index contributed by atoms with van der Waals surface area (Å²) in [6, 6.07) is 29.0. The van der Waals surface area contributed by atoms with Gasteiger partial charge in [0.25, 0.3) is 11.8 Å². The summed E-state index contributed by atoms with van der Waals surface area (Å²) in [5.74, 6) is 1.20. The summed E-state index contributed by atoms with van der Waals surface area (Å²) in [4.78, 5) is 64.0. The van der Waals surface area contributed by atoms with Crippen molar-refractivity contribution in [3.05, 3.63) is 151 Å². The van der Waals surface area contributed by atoms with Crippen molar-refractivity contribution in [2.75, 3.05) is 30.4 Å². The molecule has 384 valence electrons. The molecule has 0 saturated heterocycles. The summed E-state index contributed by atoms with van der Waals surface area (Å²) in [5.41, 5.74) is 23.9. The Morgan fingerprint density at radius 1 is 0.792 bits per heavy atom. The first kappa shape index (κ1) is 49.6. The number of benzene rings is 3. The lowest BCUT2D eigenvalue weighted by atomic mass is 9.85. The number of fused-ring (bicyclic) bond motifs is 2. The minimum absolute atomic E-state index is 0.158. The molecule has 0 spiro atoms. The summed E-state index contributed by atoms with van der Waals surface area (Å²) in [6.07, 6.45) is 12.0. The van der Waals surface area contributed by atoms with Gasteiger partial charge in [-0.15, -0.1) is 11.3 Å². The van der Waals surface area contributed by atoms with Crippen LogP contribution in [0.2, 0.25) is 0 Å². The molecule has 0 atom stereocenters. The molecule has 1 fully saturated rings. The van der Waals surface area contributed by atoms with Crippen LogP contribution in [-0.4, -0.2) is 74.5 Å². The maximum absolute atomic E-state index is 13.5. The number of hydrogen-bond acceptors (Lipinski definition) is 15. The Balaban J connectivity index is 0.899. The summed E-state index contributed by atoms with van der Waals surface area (Å²) in [7, 11) is 3.46. The van der Waals surface area contributed by atoms with Gasteiger partial charge in [0.05, 0.1) is 39.8 Å². The molecule has 1 aliphatic rings. The Morgan fingerprint density at radius 3 is 2.14 bits per heavy atom. The number of carbonyl (C=O) groups is 2. The van der Waals surface area contributed by atoms with Crippen molar-refractivity contribution in [2.45, 2.75) is 39.2 Å². The number of nitrogen functional groups attached to an aromatic ring is 2. The number of pyridine rings is 1. The molecular weight excluding hydrogens is 989 g/mol. The van der Waals surface area contributed by atoms with E-state index < -0.39 is 0 Å². The largest absolute Gasteiger partial charge is 0.480 e. The summed E-state index contributed by atoms with van der Waals surface area (Å²) in [6.45, 7) is 10.2. The number of amides is 2. The Hall–Kier alpha value is -9.62. The molecule has 7 aromatic heterocycles. The molecule has 18 nitrogen and oxygen atoms in total. The number of aryl methyl sites for hydroxylation is 3. The van der Waals surface area contributed by atoms with E-state index in [1.807, 2.05) is 77.0 Å². The topological polar surface area (TPSA) is 242 Å². The molecule has 3 aromatic carbocycles. The van der Waals surface area contributed by atoms with E-state index in [0.29, 0.717) is 93.1 Å². The second-order valence-electron chi connectivity index (χ2n) is 18.7. The van der Waals surface area contributed by atoms with Gasteiger partial charge < -0.3 is 40.7 Å². The highest BCUT2D eigenvalue weighted by molar-refractivity contribution is 7.15. The van der Waals surface area contributed by atoms with Crippen molar-refractivity contribution in [1.29, 1.82) is 0 Å². The summed E-state index contributed by atoms with van der Waals surface area (Å²) in [5, 5.41) is 8.11. The van der Waals surface area contributed by atoms with Crippen LogP contribution in [-0.2, 0) is 24.8 Å². The molecule has 19 heteroatoms. The average molecular weight is 1040 g/mol. The van der Waals surface area contributed by atoms with E-state index in [1.54, 1.807) is 42.7 Å². The van der Waals surface area contributed by atoms with Gasteiger partial charge in [-0.2, -0.15) is 4.98 Å². The van der Waals surface area contributed by atoms with Crippen LogP contribution in [0.1, 0.15) is 47.2 Å². The number of ether oxygens (including phenoxy) is 2. The molecule has 11 rings (SSSR count). The molecule has 0 radical (unpaired) electrons. The van der Waals surface area contributed by atoms with Crippen molar-refractivity contribution in [1.82, 2.24) is 54.3 Å². The first-order chi connectivity index (χ1) is 37.5. The van der Waals surface area contributed by atoms with Crippen LogP contribution < -0.4 is 31.6 Å². The van der Waals surface area contributed by atoms with E-state index in [9.17, 15) is 9.59 Å². The van der Waals surface area contributed by atoms with Gasteiger partial charge >= 0.3 is 6.01 Å². The zero-order chi connectivity index (χ0) is 53.3. The number of hydrogen-bond donors (Lipinski definition) is 4. The van der Waals surface area contributed by atoms with Crippen molar-refractivity contribution in [3.8, 4) is 73.0 Å². The predicted octanol–water partition coefficient (Wildman–Crippen LogP) is 10.6. The third-order valence-electron chi connectivity index (χ3n) is 13.8. The molecule has 0 bridgehead atoms. The number of anilines is 3. The Labute approximate surface area is 446 Å². The molecule has 6 N–H and O–H groups in total. The highest BCUT2D eigenvalue weighted by Crippen LogP contribution is 2.45. The van der Waals surface area contributed by atoms with Crippen LogP contribution in [0.5, 0.6) is 17.6 Å². The molecular formula is C58H52N14O4S. The Morgan fingerprint density at radius 2 is 1.47 bits per heavy atom. The molecule has 2 amide bonds. The molecule has 7 heterocycles. The number of nitrogens with zero attached hydrogens (tertiary/aromatic N) is 10. The first-order valence-corrected chi connectivity index (χ1v) is 25.7. The lowest BCUT2D eigenvalue weighted by Gasteiger charge is -2.25. The maximum atomic E-state index is 13.5. The van der Waals surface area contributed by atoms with Crippen LogP contribution in [0, 0.1) is 5.92 Å². The van der Waals surface area contributed by atoms with Crippen molar-refractivity contribution < 1.29 is 19.1 Å². The Bertz CT molecular complexity index is 3920. The van der Waals surface area contributed by atoms with Crippen LogP contribution in [0.15, 0.2) is 135 Å². The van der Waals surface area contributed by atoms with Gasteiger partial charge in [0.2, 0.25) is 5.88 Å². The lowest BCUT2D eigenvalue weighted by molar-refractivity contribution is -0.112. The van der Waals surface area contributed by atoms with E-state index in [2.05, 4.69) is 73.0 Å². The standard InChI is InChI=1S/C58H52N14O4S/c1-6-44-62-29-43(77-44)34-10-12-36(13-11-34)49-45(47-51(59)64-30-66-53(47)71(49)4)35-16-20-40(21-17-35)76-58-61-26-24-39(69-58)25-27-72-50(37-14-18-38(19-15-37)68-55(73)32(2)3)46(48-52(60)65-31-67-54(48)72)42-23-22-41(57(70-42)75-5)56(74)63-28-33-8-7-9-33/h6,10-24,26,29-31,33H,1-2,7-9,25,27-28H2,3-5H3,(H,63,74)(H,68,73)(H2,59,64,66)(H2,60,65,67). The second-order valence-corrected chi connectivity index (χ2v) is 19.8. The quantitative estimate of drug-likeness (QED) is 0.0620. The monoisotopic (exact) mass is 1040 g/mol. The van der Waals surface area contributed by atoms with Crippen LogP contribution in [0.3, 0.4) is 0 Å². The fraction of sp³-hybridized carbons (Fsp3) is 0.172. The second kappa shape index (κ2) is 20.9. The van der Waals surface area contributed by atoms with Crippen molar-refractivity contribution >= 4 is 68.6 Å². The molecule has 1 aliphatic carbocycles. The van der Waals surface area contributed by atoms with Gasteiger partial charge in [-0.1, -0.05) is 68.1 Å². The summed E-state index contributed by atoms with van der Waals surface area (Å²) >= 11 is 1.58. The van der Waals surface area contributed by atoms with E-state index >= 15 is 0 Å². The minimum atomic E-state index is -0.293. The number of aromatic nitrogens is 10. The average Bonchev–Trinajstić information content (AvgIpc) is 4.21. The van der Waals surface area contributed by atoms with Gasteiger partial charge in [0.1, 0.15) is 51.9 Å². The van der Waals surface area contributed by atoms with Gasteiger partial charge in [0.15, 0.2) is 0 Å². The van der Waals surface area contributed by atoms with Crippen LogP contribution >= 0.6 is 11.3 Å². The number of carbonyl (C=O) groups excluding carboxylic acids is 2. The molecule has 0 aliphatic heterocycles. The fourth-order valence-electron chi connectivity index (χ4n) is 9.64. The number of nitrogens with two attached hydrogens (primary N) is 2. The van der Waals surface area contributed by atoms with Crippen molar-refractivity contribution in [3.63, 3.8) is 0 Å². The lowest BCUT2D eigenvalue weighted by Crippen LogP contribution is -2.32. The smallest absolute Gasteiger partial charge is 0.322 e. The Kier molecular flexibility index (Phi) is 13.5. The number of nitrogens with one attached hydrogen (secondary N) is 2.